The Labute approximate surface area is 162 Å². The Bertz CT molecular complexity index is 665. The monoisotopic (exact) mass is 374 g/mol. The highest BCUT2D eigenvalue weighted by atomic mass is 19.1. The lowest BCUT2D eigenvalue weighted by Gasteiger charge is -2.37. The molecular formula is C21H31FN4O. The molecule has 0 aromatic heterocycles. The van der Waals surface area contributed by atoms with E-state index in [0.29, 0.717) is 42.7 Å². The molecule has 5 nitrogen and oxygen atoms in total. The van der Waals surface area contributed by atoms with Crippen LogP contribution >= 0.6 is 0 Å². The Morgan fingerprint density at radius 1 is 1.15 bits per heavy atom. The minimum atomic E-state index is -0.362. The number of benzene rings is 1. The molecule has 1 aromatic rings. The maximum atomic E-state index is 14.2. The fraction of sp³-hybridized carbons (Fsp3) is 0.619. The first kappa shape index (κ1) is 21.2. The van der Waals surface area contributed by atoms with Crippen molar-refractivity contribution >= 4 is 11.6 Å². The van der Waals surface area contributed by atoms with Crippen molar-refractivity contribution in [2.45, 2.75) is 27.7 Å². The molecule has 1 saturated heterocycles. The number of carbonyl (C=O) groups excluding carboxylic acids is 1. The highest BCUT2D eigenvalue weighted by Crippen LogP contribution is 2.22. The van der Waals surface area contributed by atoms with Gasteiger partial charge < -0.3 is 9.80 Å². The first-order chi connectivity index (χ1) is 12.8. The van der Waals surface area contributed by atoms with E-state index in [2.05, 4.69) is 32.6 Å². The molecule has 0 aliphatic carbocycles. The van der Waals surface area contributed by atoms with Crippen LogP contribution in [0.4, 0.5) is 10.1 Å². The smallest absolute Gasteiger partial charge is 0.236 e. The summed E-state index contributed by atoms with van der Waals surface area (Å²) in [5.41, 5.74) is 0.858. The van der Waals surface area contributed by atoms with Crippen LogP contribution in [-0.2, 0) is 4.79 Å². The summed E-state index contributed by atoms with van der Waals surface area (Å²) in [5, 5.41) is 8.86. The van der Waals surface area contributed by atoms with Crippen molar-refractivity contribution in [3.8, 4) is 6.07 Å². The summed E-state index contributed by atoms with van der Waals surface area (Å²) in [5.74, 6) is 0.710. The molecule has 0 spiro atoms. The number of rotatable bonds is 7. The Balaban J connectivity index is 1.91. The molecular weight excluding hydrogens is 343 g/mol. The maximum absolute atomic E-state index is 14.2. The van der Waals surface area contributed by atoms with E-state index in [-0.39, 0.29) is 11.7 Å². The van der Waals surface area contributed by atoms with Crippen LogP contribution < -0.4 is 4.90 Å². The SMILES string of the molecule is CC(C)CN(CC(C)C)C(=O)CN1CCN(c2ccc(C#N)cc2F)CC1. The van der Waals surface area contributed by atoms with Gasteiger partial charge in [0.15, 0.2) is 0 Å². The van der Waals surface area contributed by atoms with Crippen LogP contribution in [0.15, 0.2) is 18.2 Å². The average Bonchev–Trinajstić information content (AvgIpc) is 2.61. The Hall–Kier alpha value is -2.13. The maximum Gasteiger partial charge on any atom is 0.236 e. The largest absolute Gasteiger partial charge is 0.367 e. The minimum Gasteiger partial charge on any atom is -0.367 e. The molecule has 1 aliphatic heterocycles. The summed E-state index contributed by atoms with van der Waals surface area (Å²) in [6.45, 7) is 13.3. The molecule has 0 bridgehead atoms. The van der Waals surface area contributed by atoms with Gasteiger partial charge in [0.1, 0.15) is 5.82 Å². The van der Waals surface area contributed by atoms with Gasteiger partial charge in [0.05, 0.1) is 23.9 Å². The normalized spacial score (nSPS) is 15.3. The van der Waals surface area contributed by atoms with Crippen molar-refractivity contribution in [2.24, 2.45) is 11.8 Å². The van der Waals surface area contributed by atoms with Crippen LogP contribution in [0.2, 0.25) is 0 Å². The van der Waals surface area contributed by atoms with E-state index in [1.54, 1.807) is 12.1 Å². The van der Waals surface area contributed by atoms with Gasteiger partial charge in [-0.05, 0) is 30.0 Å². The zero-order chi connectivity index (χ0) is 20.0. The van der Waals surface area contributed by atoms with E-state index >= 15 is 0 Å². The fourth-order valence-electron chi connectivity index (χ4n) is 3.43. The van der Waals surface area contributed by atoms with Gasteiger partial charge in [-0.2, -0.15) is 5.26 Å². The van der Waals surface area contributed by atoms with Crippen LogP contribution in [0.25, 0.3) is 0 Å². The number of nitriles is 1. The molecule has 0 N–H and O–H groups in total. The third-order valence-corrected chi connectivity index (χ3v) is 4.67. The van der Waals surface area contributed by atoms with Crippen LogP contribution in [0, 0.1) is 29.0 Å². The predicted molar refractivity (Wildman–Crippen MR) is 106 cm³/mol. The van der Waals surface area contributed by atoms with E-state index in [1.165, 1.54) is 6.07 Å². The van der Waals surface area contributed by atoms with Crippen molar-refractivity contribution in [2.75, 3.05) is 50.7 Å². The van der Waals surface area contributed by atoms with Gasteiger partial charge in [0.2, 0.25) is 5.91 Å². The summed E-state index contributed by atoms with van der Waals surface area (Å²) < 4.78 is 14.2. The molecule has 2 rings (SSSR count). The minimum absolute atomic E-state index is 0.176. The molecule has 0 saturated carbocycles. The van der Waals surface area contributed by atoms with Gasteiger partial charge >= 0.3 is 0 Å². The third-order valence-electron chi connectivity index (χ3n) is 4.67. The van der Waals surface area contributed by atoms with Crippen LogP contribution in [0.1, 0.15) is 33.3 Å². The van der Waals surface area contributed by atoms with Crippen molar-refractivity contribution in [3.63, 3.8) is 0 Å². The zero-order valence-corrected chi connectivity index (χ0v) is 16.9. The summed E-state index contributed by atoms with van der Waals surface area (Å²) in [4.78, 5) is 18.8. The lowest BCUT2D eigenvalue weighted by atomic mass is 10.1. The lowest BCUT2D eigenvalue weighted by Crippen LogP contribution is -2.51. The molecule has 27 heavy (non-hydrogen) atoms. The van der Waals surface area contributed by atoms with E-state index in [9.17, 15) is 9.18 Å². The van der Waals surface area contributed by atoms with Gasteiger partial charge in [-0.15, -0.1) is 0 Å². The fourth-order valence-corrected chi connectivity index (χ4v) is 3.43. The summed E-state index contributed by atoms with van der Waals surface area (Å²) in [7, 11) is 0. The van der Waals surface area contributed by atoms with Crippen molar-refractivity contribution in [3.05, 3.63) is 29.6 Å². The topological polar surface area (TPSA) is 50.6 Å². The first-order valence-electron chi connectivity index (χ1n) is 9.75. The van der Waals surface area contributed by atoms with E-state index in [0.717, 1.165) is 26.2 Å². The van der Waals surface area contributed by atoms with E-state index < -0.39 is 0 Å². The number of halogens is 1. The summed E-state index contributed by atoms with van der Waals surface area (Å²) in [6.07, 6.45) is 0. The Morgan fingerprint density at radius 3 is 2.22 bits per heavy atom. The average molecular weight is 375 g/mol. The van der Waals surface area contributed by atoms with Gasteiger partial charge in [0, 0.05) is 39.3 Å². The number of hydrogen-bond donors (Lipinski definition) is 0. The Morgan fingerprint density at radius 2 is 1.74 bits per heavy atom. The second kappa shape index (κ2) is 9.70. The van der Waals surface area contributed by atoms with Gasteiger partial charge in [-0.3, -0.25) is 9.69 Å². The molecule has 6 heteroatoms. The number of hydrogen-bond acceptors (Lipinski definition) is 4. The Kier molecular flexibility index (Phi) is 7.61. The molecule has 1 heterocycles. The standard InChI is InChI=1S/C21H31FN4O/c1-16(2)13-26(14-17(3)4)21(27)15-24-7-9-25(10-8-24)20-6-5-18(12-23)11-19(20)22/h5-6,11,16-17H,7-10,13-15H2,1-4H3. The molecule has 1 amide bonds. The molecule has 0 unspecified atom stereocenters. The second-order valence-electron chi connectivity index (χ2n) is 8.13. The summed E-state index contributed by atoms with van der Waals surface area (Å²) in [6, 6.07) is 6.54. The molecule has 148 valence electrons. The number of carbonyl (C=O) groups is 1. The van der Waals surface area contributed by atoms with Gasteiger partial charge in [-0.25, -0.2) is 4.39 Å². The summed E-state index contributed by atoms with van der Waals surface area (Å²) >= 11 is 0. The number of amides is 1. The number of anilines is 1. The van der Waals surface area contributed by atoms with Crippen LogP contribution in [0.3, 0.4) is 0 Å². The second-order valence-corrected chi connectivity index (χ2v) is 8.13. The first-order valence-corrected chi connectivity index (χ1v) is 9.75. The van der Waals surface area contributed by atoms with E-state index in [4.69, 9.17) is 5.26 Å². The van der Waals surface area contributed by atoms with Crippen LogP contribution in [-0.4, -0.2) is 61.5 Å². The van der Waals surface area contributed by atoms with E-state index in [1.807, 2.05) is 15.9 Å². The van der Waals surface area contributed by atoms with Gasteiger partial charge in [-0.1, -0.05) is 27.7 Å². The molecule has 0 radical (unpaired) electrons. The molecule has 1 aliphatic rings. The lowest BCUT2D eigenvalue weighted by molar-refractivity contribution is -0.133. The molecule has 0 atom stereocenters. The highest BCUT2D eigenvalue weighted by Gasteiger charge is 2.24. The van der Waals surface area contributed by atoms with Crippen molar-refractivity contribution in [1.29, 1.82) is 5.26 Å². The number of piperazine rings is 1. The molecule has 1 aromatic carbocycles. The number of nitrogens with zero attached hydrogens (tertiary/aromatic N) is 4. The van der Waals surface area contributed by atoms with Gasteiger partial charge in [0.25, 0.3) is 0 Å². The zero-order valence-electron chi connectivity index (χ0n) is 16.9. The third kappa shape index (κ3) is 6.21. The van der Waals surface area contributed by atoms with Crippen LogP contribution in [0.5, 0.6) is 0 Å². The molecule has 1 fully saturated rings. The predicted octanol–water partition coefficient (Wildman–Crippen LogP) is 2.96. The highest BCUT2D eigenvalue weighted by molar-refractivity contribution is 5.78. The quantitative estimate of drug-likeness (QED) is 0.736. The van der Waals surface area contributed by atoms with Crippen molar-refractivity contribution < 1.29 is 9.18 Å². The van der Waals surface area contributed by atoms with Crippen molar-refractivity contribution in [1.82, 2.24) is 9.80 Å².